The zero-order valence-corrected chi connectivity index (χ0v) is 7.92. The number of rotatable bonds is 1. The highest BCUT2D eigenvalue weighted by molar-refractivity contribution is 6.18. The van der Waals surface area contributed by atoms with Gasteiger partial charge in [0.05, 0.1) is 11.8 Å². The van der Waals surface area contributed by atoms with Crippen LogP contribution < -0.4 is 0 Å². The summed E-state index contributed by atoms with van der Waals surface area (Å²) in [6, 6.07) is 0. The van der Waals surface area contributed by atoms with Gasteiger partial charge in [-0.15, -0.1) is 11.6 Å². The number of halogens is 1. The first-order chi connectivity index (χ1) is 6.22. The first-order valence-corrected chi connectivity index (χ1v) is 5.07. The van der Waals surface area contributed by atoms with Gasteiger partial charge in [0.25, 0.3) is 0 Å². The fourth-order valence-corrected chi connectivity index (χ4v) is 2.47. The number of carbonyl (C=O) groups excluding carboxylic acids is 2. The summed E-state index contributed by atoms with van der Waals surface area (Å²) in [6.45, 7) is 0. The molecule has 13 heavy (non-hydrogen) atoms. The predicted molar refractivity (Wildman–Crippen MR) is 46.1 cm³/mol. The Balaban J connectivity index is 2.10. The molecule has 1 aliphatic heterocycles. The lowest BCUT2D eigenvalue weighted by atomic mass is 9.76. The largest absolute Gasteiger partial charge is 0.393 e. The molecule has 2 fully saturated rings. The van der Waals surface area contributed by atoms with Crippen molar-refractivity contribution in [2.45, 2.75) is 19.3 Å². The maximum absolute atomic E-state index is 11.2. The van der Waals surface area contributed by atoms with Crippen LogP contribution in [-0.4, -0.2) is 17.8 Å². The van der Waals surface area contributed by atoms with Crippen molar-refractivity contribution in [2.24, 2.45) is 17.8 Å². The third-order valence-corrected chi connectivity index (χ3v) is 3.42. The molecule has 0 aromatic rings. The zero-order valence-electron chi connectivity index (χ0n) is 7.16. The summed E-state index contributed by atoms with van der Waals surface area (Å²) in [4.78, 5) is 22.3. The number of alkyl halides is 1. The molecule has 72 valence electrons. The molecule has 3 atom stereocenters. The molecule has 0 N–H and O–H groups in total. The molecule has 0 aromatic carbocycles. The molecular formula is C9H11ClO3. The third kappa shape index (κ3) is 1.46. The molecule has 3 unspecified atom stereocenters. The van der Waals surface area contributed by atoms with Crippen molar-refractivity contribution in [3.63, 3.8) is 0 Å². The second kappa shape index (κ2) is 3.29. The average molecular weight is 203 g/mol. The van der Waals surface area contributed by atoms with E-state index >= 15 is 0 Å². The molecular weight excluding hydrogens is 192 g/mol. The van der Waals surface area contributed by atoms with Crippen LogP contribution >= 0.6 is 11.6 Å². The summed E-state index contributed by atoms with van der Waals surface area (Å²) in [7, 11) is 0. The lowest BCUT2D eigenvalue weighted by molar-refractivity contribution is -0.153. The summed E-state index contributed by atoms with van der Waals surface area (Å²) < 4.78 is 4.58. The normalized spacial score (nSPS) is 38.7. The Morgan fingerprint density at radius 2 is 1.92 bits per heavy atom. The van der Waals surface area contributed by atoms with E-state index in [2.05, 4.69) is 4.74 Å². The highest BCUT2D eigenvalue weighted by Crippen LogP contribution is 2.39. The van der Waals surface area contributed by atoms with Crippen molar-refractivity contribution in [3.8, 4) is 0 Å². The van der Waals surface area contributed by atoms with Gasteiger partial charge in [0.2, 0.25) is 0 Å². The topological polar surface area (TPSA) is 43.4 Å². The molecule has 0 amide bonds. The van der Waals surface area contributed by atoms with E-state index in [1.165, 1.54) is 0 Å². The first kappa shape index (κ1) is 9.00. The van der Waals surface area contributed by atoms with E-state index in [9.17, 15) is 9.59 Å². The van der Waals surface area contributed by atoms with Crippen LogP contribution in [0, 0.1) is 17.8 Å². The van der Waals surface area contributed by atoms with Crippen LogP contribution in [0.15, 0.2) is 0 Å². The molecule has 0 radical (unpaired) electrons. The molecule has 0 aromatic heterocycles. The number of ether oxygens (including phenoxy) is 1. The summed E-state index contributed by atoms with van der Waals surface area (Å²) in [5, 5.41) is 0. The molecule has 2 aliphatic rings. The molecule has 2 rings (SSSR count). The van der Waals surface area contributed by atoms with Crippen LogP contribution in [0.25, 0.3) is 0 Å². The van der Waals surface area contributed by atoms with E-state index in [0.29, 0.717) is 11.8 Å². The van der Waals surface area contributed by atoms with Crippen molar-refractivity contribution >= 4 is 23.5 Å². The van der Waals surface area contributed by atoms with Gasteiger partial charge in [0.15, 0.2) is 0 Å². The molecule has 1 aliphatic carbocycles. The summed E-state index contributed by atoms with van der Waals surface area (Å²) in [5.74, 6) is -0.101. The van der Waals surface area contributed by atoms with Gasteiger partial charge in [-0.3, -0.25) is 9.59 Å². The number of cyclic esters (lactones) is 2. The van der Waals surface area contributed by atoms with Gasteiger partial charge in [-0.2, -0.15) is 0 Å². The van der Waals surface area contributed by atoms with Crippen LogP contribution in [0.5, 0.6) is 0 Å². The molecule has 4 heteroatoms. The number of hydrogen-bond acceptors (Lipinski definition) is 3. The predicted octanol–water partition coefficient (Wildman–Crippen LogP) is 1.34. The van der Waals surface area contributed by atoms with Gasteiger partial charge in [0, 0.05) is 5.88 Å². The summed E-state index contributed by atoms with van der Waals surface area (Å²) in [5.41, 5.74) is 0. The SMILES string of the molecule is O=C1OC(=O)C2CC(CCl)CCC12. The Kier molecular flexibility index (Phi) is 2.28. The second-order valence-corrected chi connectivity index (χ2v) is 4.10. The summed E-state index contributed by atoms with van der Waals surface area (Å²) in [6.07, 6.45) is 2.42. The molecule has 0 bridgehead atoms. The molecule has 3 nitrogen and oxygen atoms in total. The van der Waals surface area contributed by atoms with Gasteiger partial charge in [-0.25, -0.2) is 0 Å². The van der Waals surface area contributed by atoms with Gasteiger partial charge < -0.3 is 4.74 Å². The first-order valence-electron chi connectivity index (χ1n) is 4.54. The number of fused-ring (bicyclic) bond motifs is 1. The maximum Gasteiger partial charge on any atom is 0.317 e. The Labute approximate surface area is 81.4 Å². The van der Waals surface area contributed by atoms with E-state index in [1.54, 1.807) is 0 Å². The van der Waals surface area contributed by atoms with Gasteiger partial charge in [0.1, 0.15) is 0 Å². The second-order valence-electron chi connectivity index (χ2n) is 3.79. The van der Waals surface area contributed by atoms with Crippen LogP contribution in [0.3, 0.4) is 0 Å². The monoisotopic (exact) mass is 202 g/mol. The highest BCUT2D eigenvalue weighted by Gasteiger charge is 2.47. The minimum Gasteiger partial charge on any atom is -0.393 e. The van der Waals surface area contributed by atoms with E-state index in [1.807, 2.05) is 0 Å². The third-order valence-electron chi connectivity index (χ3n) is 2.98. The summed E-state index contributed by atoms with van der Waals surface area (Å²) >= 11 is 5.72. The van der Waals surface area contributed by atoms with Crippen LogP contribution in [0.2, 0.25) is 0 Å². The Bertz CT molecular complexity index is 251. The van der Waals surface area contributed by atoms with Gasteiger partial charge >= 0.3 is 11.9 Å². The minimum atomic E-state index is -0.343. The quantitative estimate of drug-likeness (QED) is 0.366. The van der Waals surface area contributed by atoms with Crippen LogP contribution in [0.4, 0.5) is 0 Å². The van der Waals surface area contributed by atoms with Crippen molar-refractivity contribution in [1.82, 2.24) is 0 Å². The Hall–Kier alpha value is -0.570. The molecule has 1 saturated heterocycles. The Morgan fingerprint density at radius 1 is 1.23 bits per heavy atom. The molecule has 1 saturated carbocycles. The van der Waals surface area contributed by atoms with E-state index in [4.69, 9.17) is 11.6 Å². The van der Waals surface area contributed by atoms with E-state index in [-0.39, 0.29) is 23.8 Å². The lowest BCUT2D eigenvalue weighted by Crippen LogP contribution is -2.27. The van der Waals surface area contributed by atoms with Crippen molar-refractivity contribution < 1.29 is 14.3 Å². The van der Waals surface area contributed by atoms with Crippen LogP contribution in [0.1, 0.15) is 19.3 Å². The van der Waals surface area contributed by atoms with Gasteiger partial charge in [-0.1, -0.05) is 0 Å². The van der Waals surface area contributed by atoms with Crippen molar-refractivity contribution in [1.29, 1.82) is 0 Å². The number of esters is 2. The Morgan fingerprint density at radius 3 is 2.62 bits per heavy atom. The molecule has 0 spiro atoms. The molecule has 1 heterocycles. The lowest BCUT2D eigenvalue weighted by Gasteiger charge is -2.25. The average Bonchev–Trinajstić information content (AvgIpc) is 2.42. The fourth-order valence-electron chi connectivity index (χ4n) is 2.19. The minimum absolute atomic E-state index is 0.174. The zero-order chi connectivity index (χ0) is 9.42. The van der Waals surface area contributed by atoms with Crippen molar-refractivity contribution in [3.05, 3.63) is 0 Å². The number of carbonyl (C=O) groups is 2. The van der Waals surface area contributed by atoms with Gasteiger partial charge in [-0.05, 0) is 25.2 Å². The van der Waals surface area contributed by atoms with E-state index < -0.39 is 0 Å². The fraction of sp³-hybridized carbons (Fsp3) is 0.778. The maximum atomic E-state index is 11.2. The van der Waals surface area contributed by atoms with Crippen LogP contribution in [-0.2, 0) is 14.3 Å². The highest BCUT2D eigenvalue weighted by atomic mass is 35.5. The standard InChI is InChI=1S/C9H11ClO3/c10-4-5-1-2-6-7(3-5)9(12)13-8(6)11/h5-7H,1-4H2. The van der Waals surface area contributed by atoms with E-state index in [0.717, 1.165) is 19.3 Å². The smallest absolute Gasteiger partial charge is 0.317 e. The van der Waals surface area contributed by atoms with Crippen molar-refractivity contribution in [2.75, 3.05) is 5.88 Å². The number of hydrogen-bond donors (Lipinski definition) is 0.